The highest BCUT2D eigenvalue weighted by molar-refractivity contribution is 7.91. The number of carbonyl (C=O) groups is 1. The predicted octanol–water partition coefficient (Wildman–Crippen LogP) is 3.23. The number of nitrogens with one attached hydrogen (secondary N) is 1. The Morgan fingerprint density at radius 3 is 2.33 bits per heavy atom. The molecule has 128 valence electrons. The molecule has 24 heavy (non-hydrogen) atoms. The number of amides is 1. The first kappa shape index (κ1) is 18.0. The topological polar surface area (TPSA) is 72.5 Å². The third-order valence-corrected chi connectivity index (χ3v) is 5.66. The monoisotopic (exact) mass is 347 g/mol. The van der Waals surface area contributed by atoms with E-state index in [1.165, 1.54) is 6.07 Å². The van der Waals surface area contributed by atoms with E-state index in [9.17, 15) is 13.2 Å². The minimum Gasteiger partial charge on any atom is -0.497 e. The molecule has 1 atom stereocenters. The summed E-state index contributed by atoms with van der Waals surface area (Å²) in [5, 5.41) is 2.73. The Labute approximate surface area is 142 Å². The summed E-state index contributed by atoms with van der Waals surface area (Å²) in [5.41, 5.74) is 1.13. The van der Waals surface area contributed by atoms with Gasteiger partial charge in [0.15, 0.2) is 9.84 Å². The zero-order valence-electron chi connectivity index (χ0n) is 13.9. The number of ether oxygens (including phenoxy) is 1. The van der Waals surface area contributed by atoms with Gasteiger partial charge >= 0.3 is 0 Å². The third kappa shape index (κ3) is 3.94. The third-order valence-electron chi connectivity index (χ3n) is 3.87. The molecule has 0 aliphatic heterocycles. The molecule has 1 amide bonds. The Balaban J connectivity index is 2.23. The van der Waals surface area contributed by atoms with Crippen LogP contribution in [-0.2, 0) is 14.6 Å². The van der Waals surface area contributed by atoms with Gasteiger partial charge in [0.1, 0.15) is 5.75 Å². The van der Waals surface area contributed by atoms with E-state index in [1.807, 2.05) is 12.1 Å². The number of benzene rings is 2. The van der Waals surface area contributed by atoms with Crippen molar-refractivity contribution < 1.29 is 17.9 Å². The number of hydrogen-bond acceptors (Lipinski definition) is 4. The van der Waals surface area contributed by atoms with Crippen LogP contribution >= 0.6 is 0 Å². The minimum absolute atomic E-state index is 0.0199. The predicted molar refractivity (Wildman–Crippen MR) is 94.2 cm³/mol. The number of sulfone groups is 1. The molecule has 6 heteroatoms. The molecule has 0 saturated carbocycles. The van der Waals surface area contributed by atoms with Crippen LogP contribution in [0, 0.1) is 0 Å². The zero-order chi connectivity index (χ0) is 17.7. The fourth-order valence-electron chi connectivity index (χ4n) is 2.28. The molecule has 0 radical (unpaired) electrons. The maximum atomic E-state index is 12.5. The van der Waals surface area contributed by atoms with Gasteiger partial charge in [0.05, 0.1) is 29.4 Å². The zero-order valence-corrected chi connectivity index (χ0v) is 14.8. The van der Waals surface area contributed by atoms with Gasteiger partial charge < -0.3 is 10.1 Å². The summed E-state index contributed by atoms with van der Waals surface area (Å²) in [6.07, 6.45) is 0. The summed E-state index contributed by atoms with van der Waals surface area (Å²) in [6, 6.07) is 13.7. The molecule has 2 aromatic carbocycles. The molecule has 0 unspecified atom stereocenters. The Morgan fingerprint density at radius 1 is 1.12 bits per heavy atom. The van der Waals surface area contributed by atoms with Crippen LogP contribution in [-0.4, -0.2) is 27.2 Å². The van der Waals surface area contributed by atoms with E-state index in [-0.39, 0.29) is 16.6 Å². The first-order valence-electron chi connectivity index (χ1n) is 7.65. The SMILES string of the molecule is CCS(=O)(=O)c1ccccc1NC(=O)[C@@H](C)c1ccc(OC)cc1. The first-order valence-corrected chi connectivity index (χ1v) is 9.31. The summed E-state index contributed by atoms with van der Waals surface area (Å²) < 4.78 is 29.4. The van der Waals surface area contributed by atoms with Crippen molar-refractivity contribution in [2.24, 2.45) is 0 Å². The second-order valence-corrected chi connectivity index (χ2v) is 7.63. The minimum atomic E-state index is -3.41. The smallest absolute Gasteiger partial charge is 0.231 e. The molecule has 1 N–H and O–H groups in total. The van der Waals surface area contributed by atoms with E-state index in [2.05, 4.69) is 5.32 Å². The van der Waals surface area contributed by atoms with Crippen LogP contribution in [0.25, 0.3) is 0 Å². The molecule has 0 aliphatic rings. The van der Waals surface area contributed by atoms with Crippen molar-refractivity contribution in [1.29, 1.82) is 0 Å². The quantitative estimate of drug-likeness (QED) is 0.871. The summed E-state index contributed by atoms with van der Waals surface area (Å²) >= 11 is 0. The highest BCUT2D eigenvalue weighted by Crippen LogP contribution is 2.25. The molecule has 2 rings (SSSR count). The maximum absolute atomic E-state index is 12.5. The van der Waals surface area contributed by atoms with Gasteiger partial charge in [-0.1, -0.05) is 31.2 Å². The van der Waals surface area contributed by atoms with Crippen LogP contribution in [0.4, 0.5) is 5.69 Å². The molecular formula is C18H21NO4S. The van der Waals surface area contributed by atoms with Crippen molar-refractivity contribution in [1.82, 2.24) is 0 Å². The van der Waals surface area contributed by atoms with E-state index in [1.54, 1.807) is 51.3 Å². The Morgan fingerprint density at radius 2 is 1.75 bits per heavy atom. The van der Waals surface area contributed by atoms with Crippen molar-refractivity contribution in [3.8, 4) is 5.75 Å². The Hall–Kier alpha value is -2.34. The largest absolute Gasteiger partial charge is 0.497 e. The van der Waals surface area contributed by atoms with Gasteiger partial charge in [0, 0.05) is 0 Å². The first-order chi connectivity index (χ1) is 11.4. The number of anilines is 1. The molecule has 0 spiro atoms. The van der Waals surface area contributed by atoms with E-state index in [0.29, 0.717) is 11.4 Å². The molecule has 0 aromatic heterocycles. The lowest BCUT2D eigenvalue weighted by Gasteiger charge is -2.15. The highest BCUT2D eigenvalue weighted by Gasteiger charge is 2.20. The van der Waals surface area contributed by atoms with E-state index >= 15 is 0 Å². The van der Waals surface area contributed by atoms with Crippen LogP contribution in [0.3, 0.4) is 0 Å². The standard InChI is InChI=1S/C18H21NO4S/c1-4-24(21,22)17-8-6-5-7-16(17)19-18(20)13(2)14-9-11-15(23-3)12-10-14/h5-13H,4H2,1-3H3,(H,19,20)/t13-/m0/s1. The maximum Gasteiger partial charge on any atom is 0.231 e. The molecular weight excluding hydrogens is 326 g/mol. The van der Waals surface area contributed by atoms with E-state index < -0.39 is 15.8 Å². The number of para-hydroxylation sites is 1. The van der Waals surface area contributed by atoms with Gasteiger partial charge in [-0.3, -0.25) is 4.79 Å². The van der Waals surface area contributed by atoms with Gasteiger partial charge in [0.25, 0.3) is 0 Å². The molecule has 0 saturated heterocycles. The summed E-state index contributed by atoms with van der Waals surface area (Å²) in [6.45, 7) is 3.35. The van der Waals surface area contributed by atoms with Crippen molar-refractivity contribution in [2.75, 3.05) is 18.2 Å². The van der Waals surface area contributed by atoms with Crippen molar-refractivity contribution in [3.63, 3.8) is 0 Å². The van der Waals surface area contributed by atoms with Gasteiger partial charge in [-0.25, -0.2) is 8.42 Å². The Kier molecular flexibility index (Phi) is 5.62. The summed E-state index contributed by atoms with van der Waals surface area (Å²) in [5.74, 6) is 0.00596. The van der Waals surface area contributed by atoms with Gasteiger partial charge in [0.2, 0.25) is 5.91 Å². The van der Waals surface area contributed by atoms with Crippen LogP contribution in [0.2, 0.25) is 0 Å². The molecule has 0 bridgehead atoms. The number of rotatable bonds is 6. The van der Waals surface area contributed by atoms with Crippen molar-refractivity contribution in [3.05, 3.63) is 54.1 Å². The van der Waals surface area contributed by atoms with Gasteiger partial charge in [-0.05, 0) is 36.8 Å². The van der Waals surface area contributed by atoms with Gasteiger partial charge in [-0.15, -0.1) is 0 Å². The van der Waals surface area contributed by atoms with Crippen LogP contribution in [0.15, 0.2) is 53.4 Å². The van der Waals surface area contributed by atoms with Crippen molar-refractivity contribution >= 4 is 21.4 Å². The number of hydrogen-bond donors (Lipinski definition) is 1. The van der Waals surface area contributed by atoms with E-state index in [0.717, 1.165) is 5.56 Å². The second kappa shape index (κ2) is 7.49. The molecule has 5 nitrogen and oxygen atoms in total. The van der Waals surface area contributed by atoms with E-state index in [4.69, 9.17) is 4.74 Å². The average Bonchev–Trinajstić information content (AvgIpc) is 2.61. The normalized spacial score (nSPS) is 12.5. The summed E-state index contributed by atoms with van der Waals surface area (Å²) in [7, 11) is -1.83. The number of methoxy groups -OCH3 is 1. The fraction of sp³-hybridized carbons (Fsp3) is 0.278. The van der Waals surface area contributed by atoms with Crippen LogP contribution in [0.1, 0.15) is 25.3 Å². The van der Waals surface area contributed by atoms with Crippen LogP contribution in [0.5, 0.6) is 5.75 Å². The highest BCUT2D eigenvalue weighted by atomic mass is 32.2. The van der Waals surface area contributed by atoms with Crippen molar-refractivity contribution in [2.45, 2.75) is 24.7 Å². The fourth-order valence-corrected chi connectivity index (χ4v) is 3.33. The Bertz CT molecular complexity index is 813. The van der Waals surface area contributed by atoms with Gasteiger partial charge in [-0.2, -0.15) is 0 Å². The lowest BCUT2D eigenvalue weighted by atomic mass is 10.00. The second-order valence-electron chi connectivity index (χ2n) is 5.38. The molecule has 0 heterocycles. The summed E-state index contributed by atoms with van der Waals surface area (Å²) in [4.78, 5) is 12.6. The lowest BCUT2D eigenvalue weighted by molar-refractivity contribution is -0.117. The average molecular weight is 347 g/mol. The molecule has 2 aromatic rings. The van der Waals surface area contributed by atoms with Crippen LogP contribution < -0.4 is 10.1 Å². The number of carbonyl (C=O) groups excluding carboxylic acids is 1. The lowest BCUT2D eigenvalue weighted by Crippen LogP contribution is -2.20. The molecule has 0 aliphatic carbocycles. The molecule has 0 fully saturated rings.